The number of hydrogen-bond donors (Lipinski definition) is 1. The van der Waals surface area contributed by atoms with Gasteiger partial charge in [-0.15, -0.1) is 0 Å². The summed E-state index contributed by atoms with van der Waals surface area (Å²) in [5, 5.41) is 0. The molecular weight excluding hydrogens is 266 g/mol. The van der Waals surface area contributed by atoms with Crippen LogP contribution in [0.3, 0.4) is 0 Å². The third-order valence-corrected chi connectivity index (χ3v) is 8.23. The Hall–Kier alpha value is 0.0969. The Labute approximate surface area is 127 Å². The molecule has 4 heteroatoms. The minimum Gasteiger partial charge on any atom is -0.394 e. The van der Waals surface area contributed by atoms with Gasteiger partial charge in [0, 0.05) is 18.8 Å². The predicted molar refractivity (Wildman–Crippen MR) is 90.3 cm³/mol. The van der Waals surface area contributed by atoms with Crippen LogP contribution in [0, 0.1) is 0 Å². The molecule has 1 atom stereocenters. The summed E-state index contributed by atoms with van der Waals surface area (Å²) < 4.78 is 12.8. The summed E-state index contributed by atoms with van der Waals surface area (Å²) in [5.74, 6) is 0. The summed E-state index contributed by atoms with van der Waals surface area (Å²) in [4.78, 5) is 0. The minimum atomic E-state index is -2.08. The van der Waals surface area contributed by atoms with Crippen LogP contribution in [0.15, 0.2) is 0 Å². The van der Waals surface area contributed by atoms with E-state index in [9.17, 15) is 0 Å². The molecule has 1 unspecified atom stereocenters. The monoisotopic (exact) mass is 303 g/mol. The van der Waals surface area contributed by atoms with Crippen molar-refractivity contribution in [2.75, 3.05) is 19.8 Å². The Morgan fingerprint density at radius 3 is 1.90 bits per heavy atom. The summed E-state index contributed by atoms with van der Waals surface area (Å²) in [7, 11) is -2.08. The van der Waals surface area contributed by atoms with E-state index in [1.165, 1.54) is 12.8 Å². The lowest BCUT2D eigenvalue weighted by Crippen LogP contribution is -2.47. The van der Waals surface area contributed by atoms with E-state index in [4.69, 9.17) is 14.6 Å². The second-order valence-electron chi connectivity index (χ2n) is 5.65. The summed E-state index contributed by atoms with van der Waals surface area (Å²) >= 11 is 0. The van der Waals surface area contributed by atoms with Crippen LogP contribution in [0.5, 0.6) is 0 Å². The molecule has 0 bridgehead atoms. The maximum absolute atomic E-state index is 6.41. The number of rotatable bonds is 14. The van der Waals surface area contributed by atoms with Crippen LogP contribution in [-0.2, 0) is 8.85 Å². The predicted octanol–water partition coefficient (Wildman–Crippen LogP) is 4.60. The van der Waals surface area contributed by atoms with Crippen LogP contribution in [0.2, 0.25) is 11.6 Å². The summed E-state index contributed by atoms with van der Waals surface area (Å²) in [6, 6.07) is 1.15. The fraction of sp³-hybridized carbons (Fsp3) is 1.00. The second-order valence-corrected chi connectivity index (χ2v) is 9.17. The molecule has 0 rings (SSSR count). The van der Waals surface area contributed by atoms with Crippen molar-refractivity contribution in [2.45, 2.75) is 84.2 Å². The Morgan fingerprint density at radius 1 is 0.900 bits per heavy atom. The van der Waals surface area contributed by atoms with E-state index in [-0.39, 0.29) is 0 Å². The summed E-state index contributed by atoms with van der Waals surface area (Å²) in [5.41, 5.74) is 6.30. The highest BCUT2D eigenvalue weighted by molar-refractivity contribution is 6.69. The zero-order chi connectivity index (χ0) is 15.3. The lowest BCUT2D eigenvalue weighted by molar-refractivity contribution is 0.153. The van der Waals surface area contributed by atoms with Gasteiger partial charge in [-0.25, -0.2) is 0 Å². The van der Waals surface area contributed by atoms with Gasteiger partial charge in [0.05, 0.1) is 0 Å². The van der Waals surface area contributed by atoms with Crippen molar-refractivity contribution < 1.29 is 8.85 Å². The molecule has 2 N–H and O–H groups in total. The van der Waals surface area contributed by atoms with Crippen LogP contribution >= 0.6 is 0 Å². The van der Waals surface area contributed by atoms with Gasteiger partial charge in [-0.1, -0.05) is 47.0 Å². The molecule has 0 aromatic heterocycles. The highest BCUT2D eigenvalue weighted by Gasteiger charge is 2.43. The van der Waals surface area contributed by atoms with Gasteiger partial charge in [-0.3, -0.25) is 0 Å². The SMILES string of the molecule is CCCC[Si](OCCC)(OCCC)C(CC)CCCN. The van der Waals surface area contributed by atoms with Crippen LogP contribution in [0.1, 0.15) is 72.6 Å². The Kier molecular flexibility index (Phi) is 12.9. The largest absolute Gasteiger partial charge is 0.394 e. The van der Waals surface area contributed by atoms with E-state index in [1.807, 2.05) is 0 Å². The lowest BCUT2D eigenvalue weighted by Gasteiger charge is -2.37. The first-order chi connectivity index (χ1) is 9.70. The summed E-state index contributed by atoms with van der Waals surface area (Å²) in [6.45, 7) is 11.4. The smallest absolute Gasteiger partial charge is 0.341 e. The Balaban J connectivity index is 4.95. The molecule has 122 valence electrons. The molecule has 0 saturated carbocycles. The fourth-order valence-corrected chi connectivity index (χ4v) is 7.16. The molecule has 0 aromatic rings. The topological polar surface area (TPSA) is 44.5 Å². The Morgan fingerprint density at radius 2 is 1.50 bits per heavy atom. The molecule has 0 fully saturated rings. The van der Waals surface area contributed by atoms with E-state index < -0.39 is 8.56 Å². The maximum atomic E-state index is 6.41. The molecule has 0 aliphatic heterocycles. The molecule has 0 amide bonds. The van der Waals surface area contributed by atoms with Crippen molar-refractivity contribution in [1.82, 2.24) is 0 Å². The van der Waals surface area contributed by atoms with Crippen molar-refractivity contribution in [3.8, 4) is 0 Å². The van der Waals surface area contributed by atoms with Gasteiger partial charge < -0.3 is 14.6 Å². The second kappa shape index (κ2) is 12.8. The fourth-order valence-electron chi connectivity index (χ4n) is 2.70. The van der Waals surface area contributed by atoms with Crippen LogP contribution < -0.4 is 5.73 Å². The van der Waals surface area contributed by atoms with Crippen molar-refractivity contribution in [2.24, 2.45) is 5.73 Å². The molecule has 20 heavy (non-hydrogen) atoms. The third kappa shape index (κ3) is 7.20. The van der Waals surface area contributed by atoms with Crippen LogP contribution in [-0.4, -0.2) is 28.3 Å². The quantitative estimate of drug-likeness (QED) is 0.477. The number of hydrogen-bond acceptors (Lipinski definition) is 3. The van der Waals surface area contributed by atoms with Gasteiger partial charge in [-0.2, -0.15) is 0 Å². The first kappa shape index (κ1) is 20.1. The minimum absolute atomic E-state index is 0.593. The number of nitrogens with two attached hydrogens (primary N) is 1. The maximum Gasteiger partial charge on any atom is 0.341 e. The van der Waals surface area contributed by atoms with Crippen LogP contribution in [0.25, 0.3) is 0 Å². The molecule has 0 saturated heterocycles. The molecule has 0 spiro atoms. The zero-order valence-electron chi connectivity index (χ0n) is 14.2. The van der Waals surface area contributed by atoms with Gasteiger partial charge in [0.25, 0.3) is 0 Å². The zero-order valence-corrected chi connectivity index (χ0v) is 15.2. The Bertz CT molecular complexity index is 193. The molecular formula is C16H37NO2Si. The van der Waals surface area contributed by atoms with E-state index >= 15 is 0 Å². The van der Waals surface area contributed by atoms with E-state index in [1.54, 1.807) is 0 Å². The highest BCUT2D eigenvalue weighted by Crippen LogP contribution is 2.36. The lowest BCUT2D eigenvalue weighted by atomic mass is 10.2. The molecule has 0 radical (unpaired) electrons. The highest BCUT2D eigenvalue weighted by atomic mass is 28.4. The van der Waals surface area contributed by atoms with Gasteiger partial charge in [0.1, 0.15) is 0 Å². The van der Waals surface area contributed by atoms with Crippen molar-refractivity contribution in [1.29, 1.82) is 0 Å². The van der Waals surface area contributed by atoms with E-state index in [0.29, 0.717) is 5.54 Å². The third-order valence-electron chi connectivity index (χ3n) is 3.85. The van der Waals surface area contributed by atoms with Crippen LogP contribution in [0.4, 0.5) is 0 Å². The molecule has 0 aliphatic rings. The summed E-state index contributed by atoms with van der Waals surface area (Å²) in [6.07, 6.45) is 7.99. The number of unbranched alkanes of at least 4 members (excludes halogenated alkanes) is 1. The first-order valence-corrected chi connectivity index (χ1v) is 10.8. The van der Waals surface area contributed by atoms with Gasteiger partial charge in [0.15, 0.2) is 0 Å². The van der Waals surface area contributed by atoms with Gasteiger partial charge in [-0.05, 0) is 38.3 Å². The molecule has 0 heterocycles. The van der Waals surface area contributed by atoms with Gasteiger partial charge >= 0.3 is 8.56 Å². The van der Waals surface area contributed by atoms with Crippen molar-refractivity contribution in [3.63, 3.8) is 0 Å². The van der Waals surface area contributed by atoms with Gasteiger partial charge in [0.2, 0.25) is 0 Å². The molecule has 0 aliphatic carbocycles. The van der Waals surface area contributed by atoms with Crippen molar-refractivity contribution in [3.05, 3.63) is 0 Å². The average Bonchev–Trinajstić information content (AvgIpc) is 2.48. The van der Waals surface area contributed by atoms with E-state index in [2.05, 4.69) is 27.7 Å². The van der Waals surface area contributed by atoms with E-state index in [0.717, 1.165) is 57.9 Å². The van der Waals surface area contributed by atoms with Crippen molar-refractivity contribution >= 4 is 8.56 Å². The average molecular weight is 304 g/mol. The molecule has 3 nitrogen and oxygen atoms in total. The standard InChI is InChI=1S/C16H37NO2Si/c1-5-9-15-20(18-13-6-2,19-14-7-3)16(8-4)11-10-12-17/h16H,5-15,17H2,1-4H3. The normalized spacial score (nSPS) is 13.7. The molecule has 0 aromatic carbocycles. The first-order valence-electron chi connectivity index (χ1n) is 8.68.